The van der Waals surface area contributed by atoms with Crippen molar-refractivity contribution in [1.29, 1.82) is 0 Å². The highest BCUT2D eigenvalue weighted by molar-refractivity contribution is 5.55. The second kappa shape index (κ2) is 4.74. The highest BCUT2D eigenvalue weighted by Crippen LogP contribution is 2.21. The average molecular weight is 220 g/mol. The molecule has 3 nitrogen and oxygen atoms in total. The zero-order chi connectivity index (χ0) is 11.5. The second-order valence-corrected chi connectivity index (χ2v) is 4.46. The molecule has 0 spiro atoms. The van der Waals surface area contributed by atoms with Gasteiger partial charge in [-0.2, -0.15) is 0 Å². The molecule has 0 aliphatic carbocycles. The van der Waals surface area contributed by atoms with Crippen LogP contribution in [0.4, 0.5) is 11.4 Å². The molecule has 0 radical (unpaired) electrons. The minimum atomic E-state index is 0.313. The minimum Gasteiger partial charge on any atom is -0.388 e. The number of hydrogen-bond donors (Lipinski definition) is 1. The van der Waals surface area contributed by atoms with Crippen LogP contribution in [-0.2, 0) is 4.74 Å². The molecule has 2 atom stereocenters. The van der Waals surface area contributed by atoms with Crippen molar-refractivity contribution in [3.63, 3.8) is 0 Å². The lowest BCUT2D eigenvalue weighted by Gasteiger charge is -2.36. The molecule has 1 aromatic rings. The molecule has 1 aliphatic rings. The van der Waals surface area contributed by atoms with Crippen molar-refractivity contribution < 1.29 is 4.74 Å². The van der Waals surface area contributed by atoms with E-state index >= 15 is 0 Å². The maximum Gasteiger partial charge on any atom is 0.0726 e. The van der Waals surface area contributed by atoms with Crippen LogP contribution in [0.1, 0.15) is 13.8 Å². The van der Waals surface area contributed by atoms with Gasteiger partial charge in [-0.3, -0.25) is 0 Å². The highest BCUT2D eigenvalue weighted by Gasteiger charge is 2.22. The van der Waals surface area contributed by atoms with Gasteiger partial charge in [-0.15, -0.1) is 0 Å². The molecule has 1 aliphatic heterocycles. The standard InChI is InChI=1S/C13H20N2O/c1-10-8-15(9-11(2)16-10)13-6-4-12(14-3)5-7-13/h4-7,10-11,14H,8-9H2,1-3H3. The van der Waals surface area contributed by atoms with Gasteiger partial charge in [-0.1, -0.05) is 0 Å². The molecular formula is C13H20N2O. The Balaban J connectivity index is 2.10. The molecule has 1 fully saturated rings. The lowest BCUT2D eigenvalue weighted by atomic mass is 10.2. The largest absolute Gasteiger partial charge is 0.388 e. The molecule has 2 unspecified atom stereocenters. The molecule has 0 bridgehead atoms. The molecule has 2 rings (SSSR count). The van der Waals surface area contributed by atoms with Crippen LogP contribution >= 0.6 is 0 Å². The number of rotatable bonds is 2. The van der Waals surface area contributed by atoms with E-state index in [4.69, 9.17) is 4.74 Å². The zero-order valence-corrected chi connectivity index (χ0v) is 10.2. The van der Waals surface area contributed by atoms with Crippen LogP contribution in [0.5, 0.6) is 0 Å². The smallest absolute Gasteiger partial charge is 0.0726 e. The molecule has 3 heteroatoms. The van der Waals surface area contributed by atoms with Crippen molar-refractivity contribution in [2.75, 3.05) is 30.4 Å². The number of anilines is 2. The zero-order valence-electron chi connectivity index (χ0n) is 10.2. The summed E-state index contributed by atoms with van der Waals surface area (Å²) in [6, 6.07) is 8.55. The van der Waals surface area contributed by atoms with E-state index in [0.29, 0.717) is 12.2 Å². The molecular weight excluding hydrogens is 200 g/mol. The number of ether oxygens (including phenoxy) is 1. The Kier molecular flexibility index (Phi) is 3.34. The van der Waals surface area contributed by atoms with Crippen molar-refractivity contribution in [3.8, 4) is 0 Å². The van der Waals surface area contributed by atoms with E-state index in [-0.39, 0.29) is 0 Å². The van der Waals surface area contributed by atoms with E-state index in [1.165, 1.54) is 5.69 Å². The monoisotopic (exact) mass is 220 g/mol. The van der Waals surface area contributed by atoms with Gasteiger partial charge in [-0.05, 0) is 38.1 Å². The molecule has 16 heavy (non-hydrogen) atoms. The van der Waals surface area contributed by atoms with Gasteiger partial charge in [0.1, 0.15) is 0 Å². The lowest BCUT2D eigenvalue weighted by Crippen LogP contribution is -2.45. The van der Waals surface area contributed by atoms with Crippen LogP contribution in [0, 0.1) is 0 Å². The molecule has 1 aromatic carbocycles. The van der Waals surface area contributed by atoms with Gasteiger partial charge in [0.05, 0.1) is 12.2 Å². The number of nitrogens with zero attached hydrogens (tertiary/aromatic N) is 1. The third-order valence-corrected chi connectivity index (χ3v) is 2.94. The third kappa shape index (κ3) is 2.47. The first-order chi connectivity index (χ1) is 7.69. The number of morpholine rings is 1. The number of hydrogen-bond acceptors (Lipinski definition) is 3. The van der Waals surface area contributed by atoms with Crippen LogP contribution in [0.15, 0.2) is 24.3 Å². The van der Waals surface area contributed by atoms with Crippen molar-refractivity contribution in [3.05, 3.63) is 24.3 Å². The minimum absolute atomic E-state index is 0.313. The fraction of sp³-hybridized carbons (Fsp3) is 0.538. The summed E-state index contributed by atoms with van der Waals surface area (Å²) >= 11 is 0. The summed E-state index contributed by atoms with van der Waals surface area (Å²) in [6.07, 6.45) is 0.625. The van der Waals surface area contributed by atoms with Gasteiger partial charge in [0.2, 0.25) is 0 Å². The Bertz CT molecular complexity index is 326. The summed E-state index contributed by atoms with van der Waals surface area (Å²) in [5.74, 6) is 0. The van der Waals surface area contributed by atoms with Gasteiger partial charge in [0, 0.05) is 31.5 Å². The van der Waals surface area contributed by atoms with Crippen molar-refractivity contribution in [2.24, 2.45) is 0 Å². The Hall–Kier alpha value is -1.22. The van der Waals surface area contributed by atoms with Crippen LogP contribution in [0.25, 0.3) is 0 Å². The Morgan fingerprint density at radius 2 is 1.69 bits per heavy atom. The first kappa shape index (κ1) is 11.3. The summed E-state index contributed by atoms with van der Waals surface area (Å²) in [5.41, 5.74) is 2.43. The third-order valence-electron chi connectivity index (χ3n) is 2.94. The SMILES string of the molecule is CNc1ccc(N2CC(C)OC(C)C2)cc1. The maximum absolute atomic E-state index is 5.73. The fourth-order valence-corrected chi connectivity index (χ4v) is 2.23. The molecule has 0 aromatic heterocycles. The summed E-state index contributed by atoms with van der Waals surface area (Å²) in [4.78, 5) is 2.39. The van der Waals surface area contributed by atoms with E-state index in [1.807, 2.05) is 7.05 Å². The number of benzene rings is 1. The van der Waals surface area contributed by atoms with Crippen LogP contribution in [0.2, 0.25) is 0 Å². The fourth-order valence-electron chi connectivity index (χ4n) is 2.23. The summed E-state index contributed by atoms with van der Waals surface area (Å²) < 4.78 is 5.73. The predicted octanol–water partition coefficient (Wildman–Crippen LogP) is 2.34. The Morgan fingerprint density at radius 3 is 2.19 bits per heavy atom. The van der Waals surface area contributed by atoms with E-state index in [1.54, 1.807) is 0 Å². The molecule has 0 amide bonds. The molecule has 88 valence electrons. The normalized spacial score (nSPS) is 25.6. The van der Waals surface area contributed by atoms with Crippen molar-refractivity contribution in [1.82, 2.24) is 0 Å². The second-order valence-electron chi connectivity index (χ2n) is 4.46. The van der Waals surface area contributed by atoms with Gasteiger partial charge < -0.3 is 15.0 Å². The Labute approximate surface area is 97.4 Å². The summed E-state index contributed by atoms with van der Waals surface area (Å²) in [6.45, 7) is 6.21. The van der Waals surface area contributed by atoms with Crippen LogP contribution in [0.3, 0.4) is 0 Å². The first-order valence-corrected chi connectivity index (χ1v) is 5.87. The molecule has 1 heterocycles. The summed E-state index contributed by atoms with van der Waals surface area (Å²) in [7, 11) is 1.94. The number of nitrogens with one attached hydrogen (secondary N) is 1. The molecule has 0 saturated carbocycles. The quantitative estimate of drug-likeness (QED) is 0.828. The first-order valence-electron chi connectivity index (χ1n) is 5.87. The topological polar surface area (TPSA) is 24.5 Å². The van der Waals surface area contributed by atoms with Gasteiger partial charge in [-0.25, -0.2) is 0 Å². The average Bonchev–Trinajstić information content (AvgIpc) is 2.28. The predicted molar refractivity (Wildman–Crippen MR) is 68.2 cm³/mol. The van der Waals surface area contributed by atoms with E-state index in [0.717, 1.165) is 18.8 Å². The summed E-state index contributed by atoms with van der Waals surface area (Å²) in [5, 5.41) is 3.13. The molecule has 1 saturated heterocycles. The Morgan fingerprint density at radius 1 is 1.12 bits per heavy atom. The van der Waals surface area contributed by atoms with Gasteiger partial charge in [0.15, 0.2) is 0 Å². The van der Waals surface area contributed by atoms with E-state index in [2.05, 4.69) is 48.3 Å². The van der Waals surface area contributed by atoms with Crippen LogP contribution < -0.4 is 10.2 Å². The van der Waals surface area contributed by atoms with Crippen molar-refractivity contribution >= 4 is 11.4 Å². The maximum atomic E-state index is 5.73. The molecule has 1 N–H and O–H groups in total. The highest BCUT2D eigenvalue weighted by atomic mass is 16.5. The van der Waals surface area contributed by atoms with Crippen molar-refractivity contribution in [2.45, 2.75) is 26.1 Å². The van der Waals surface area contributed by atoms with Crippen LogP contribution in [-0.4, -0.2) is 32.3 Å². The van der Waals surface area contributed by atoms with Gasteiger partial charge in [0.25, 0.3) is 0 Å². The van der Waals surface area contributed by atoms with Gasteiger partial charge >= 0.3 is 0 Å². The van der Waals surface area contributed by atoms with E-state index < -0.39 is 0 Å². The van der Waals surface area contributed by atoms with E-state index in [9.17, 15) is 0 Å². The lowest BCUT2D eigenvalue weighted by molar-refractivity contribution is -0.00521.